The summed E-state index contributed by atoms with van der Waals surface area (Å²) in [5, 5.41) is 8.27. The average molecular weight is 578 g/mol. The quantitative estimate of drug-likeness (QED) is 0.261. The second-order valence-electron chi connectivity index (χ2n) is 11.3. The Morgan fingerprint density at radius 1 is 1.17 bits per heavy atom. The molecule has 1 aliphatic carbocycles. The molecule has 1 amide bonds. The number of nitrogens with one attached hydrogen (secondary N) is 1. The molecule has 42 heavy (non-hydrogen) atoms. The molecule has 4 aromatic rings. The summed E-state index contributed by atoms with van der Waals surface area (Å²) in [6.07, 6.45) is 10.4. The number of ether oxygens (including phenoxy) is 4. The maximum absolute atomic E-state index is 14.2. The third-order valence-corrected chi connectivity index (χ3v) is 7.79. The van der Waals surface area contributed by atoms with E-state index in [1.807, 2.05) is 37.0 Å². The van der Waals surface area contributed by atoms with Crippen LogP contribution in [-0.2, 0) is 20.8 Å². The van der Waals surface area contributed by atoms with Crippen LogP contribution in [0.2, 0.25) is 0 Å². The van der Waals surface area contributed by atoms with Crippen LogP contribution in [0.4, 0.5) is 15.0 Å². The molecule has 0 spiro atoms. The highest BCUT2D eigenvalue weighted by atomic mass is 19.1. The van der Waals surface area contributed by atoms with Gasteiger partial charge < -0.3 is 23.5 Å². The van der Waals surface area contributed by atoms with Crippen molar-refractivity contribution in [2.24, 2.45) is 0 Å². The summed E-state index contributed by atoms with van der Waals surface area (Å²) in [7, 11) is 0. The van der Waals surface area contributed by atoms with Crippen molar-refractivity contribution in [1.29, 1.82) is 0 Å². The summed E-state index contributed by atoms with van der Waals surface area (Å²) in [4.78, 5) is 16.6. The molecule has 222 valence electrons. The number of anilines is 1. The molecule has 1 atom stereocenters. The van der Waals surface area contributed by atoms with Gasteiger partial charge in [-0.2, -0.15) is 5.10 Å². The van der Waals surface area contributed by atoms with E-state index in [9.17, 15) is 9.18 Å². The Morgan fingerprint density at radius 2 is 1.98 bits per heavy atom. The van der Waals surface area contributed by atoms with E-state index in [-0.39, 0.29) is 30.7 Å². The summed E-state index contributed by atoms with van der Waals surface area (Å²) in [5.41, 5.74) is 2.91. The van der Waals surface area contributed by atoms with Gasteiger partial charge in [0.05, 0.1) is 37.6 Å². The second kappa shape index (κ2) is 11.7. The van der Waals surface area contributed by atoms with Gasteiger partial charge >= 0.3 is 6.09 Å². The third kappa shape index (κ3) is 6.12. The van der Waals surface area contributed by atoms with Crippen LogP contribution in [0.25, 0.3) is 22.0 Å². The fourth-order valence-electron chi connectivity index (χ4n) is 5.84. The number of halogens is 1. The van der Waals surface area contributed by atoms with Crippen molar-refractivity contribution in [2.75, 3.05) is 18.5 Å². The van der Waals surface area contributed by atoms with E-state index in [0.717, 1.165) is 47.7 Å². The number of para-hydroxylation sites is 1. The highest BCUT2D eigenvalue weighted by Crippen LogP contribution is 2.38. The first-order valence-corrected chi connectivity index (χ1v) is 14.5. The zero-order chi connectivity index (χ0) is 29.3. The number of carbonyl (C=O) groups is 1. The molecule has 11 heteroatoms. The van der Waals surface area contributed by atoms with Crippen LogP contribution in [-0.4, -0.2) is 56.6 Å². The molecule has 1 aromatic carbocycles. The zero-order valence-electron chi connectivity index (χ0n) is 24.1. The number of pyridine rings is 1. The molecule has 2 fully saturated rings. The van der Waals surface area contributed by atoms with Crippen LogP contribution in [0, 0.1) is 5.82 Å². The third-order valence-electron chi connectivity index (χ3n) is 7.79. The lowest BCUT2D eigenvalue weighted by atomic mass is 9.92. The summed E-state index contributed by atoms with van der Waals surface area (Å²) in [6.45, 7) is 6.95. The minimum atomic E-state index is -0.589. The molecule has 4 heterocycles. The van der Waals surface area contributed by atoms with E-state index in [1.165, 1.54) is 6.07 Å². The Morgan fingerprint density at radius 3 is 2.71 bits per heavy atom. The fourth-order valence-corrected chi connectivity index (χ4v) is 5.84. The summed E-state index contributed by atoms with van der Waals surface area (Å²) < 4.78 is 41.0. The molecule has 10 nitrogen and oxygen atoms in total. The minimum Gasteiger partial charge on any atom is -0.487 e. The SMILES string of the molecule is CCOC(=O)Nc1cc2c(cn1)c(-c1cnn(C[C@@H]3COC(C)(C)O3)c1)cn2C1CCC(Oc2ccccc2F)CC1. The van der Waals surface area contributed by atoms with Gasteiger partial charge in [-0.15, -0.1) is 0 Å². The maximum Gasteiger partial charge on any atom is 0.412 e. The van der Waals surface area contributed by atoms with E-state index < -0.39 is 11.9 Å². The summed E-state index contributed by atoms with van der Waals surface area (Å²) in [6, 6.07) is 8.61. The van der Waals surface area contributed by atoms with E-state index in [4.69, 9.17) is 18.9 Å². The lowest BCUT2D eigenvalue weighted by Gasteiger charge is -2.30. The Balaban J connectivity index is 1.25. The first-order chi connectivity index (χ1) is 20.3. The van der Waals surface area contributed by atoms with Gasteiger partial charge in [0, 0.05) is 47.2 Å². The molecular formula is C31H36FN5O5. The van der Waals surface area contributed by atoms with E-state index in [1.54, 1.807) is 31.3 Å². The number of rotatable bonds is 8. The largest absolute Gasteiger partial charge is 0.487 e. The highest BCUT2D eigenvalue weighted by Gasteiger charge is 2.33. The molecule has 1 N–H and O–H groups in total. The number of benzene rings is 1. The number of aromatic nitrogens is 4. The van der Waals surface area contributed by atoms with Crippen LogP contribution in [0.15, 0.2) is 55.1 Å². The lowest BCUT2D eigenvalue weighted by Crippen LogP contribution is -2.25. The number of amides is 1. The normalized spacial score (nSPS) is 21.9. The van der Waals surface area contributed by atoms with E-state index in [0.29, 0.717) is 24.7 Å². The van der Waals surface area contributed by atoms with Crippen molar-refractivity contribution in [3.8, 4) is 16.9 Å². The van der Waals surface area contributed by atoms with Gasteiger partial charge in [0.2, 0.25) is 0 Å². The van der Waals surface area contributed by atoms with E-state index >= 15 is 0 Å². The van der Waals surface area contributed by atoms with Gasteiger partial charge in [-0.3, -0.25) is 10.00 Å². The van der Waals surface area contributed by atoms with Crippen LogP contribution in [0.1, 0.15) is 52.5 Å². The number of hydrogen-bond donors (Lipinski definition) is 1. The molecule has 0 bridgehead atoms. The number of nitrogens with zero attached hydrogens (tertiary/aromatic N) is 4. The van der Waals surface area contributed by atoms with E-state index in [2.05, 4.69) is 26.2 Å². The van der Waals surface area contributed by atoms with Crippen molar-refractivity contribution in [3.05, 3.63) is 60.9 Å². The van der Waals surface area contributed by atoms with Crippen LogP contribution in [0.5, 0.6) is 5.75 Å². The predicted molar refractivity (Wildman–Crippen MR) is 155 cm³/mol. The number of fused-ring (bicyclic) bond motifs is 1. The van der Waals surface area contributed by atoms with Crippen molar-refractivity contribution in [2.45, 2.75) is 77.0 Å². The number of hydrogen-bond acceptors (Lipinski definition) is 7. The monoisotopic (exact) mass is 577 g/mol. The first kappa shape index (κ1) is 28.2. The maximum atomic E-state index is 14.2. The molecular weight excluding hydrogens is 541 g/mol. The zero-order valence-corrected chi connectivity index (χ0v) is 24.1. The second-order valence-corrected chi connectivity index (χ2v) is 11.3. The smallest absolute Gasteiger partial charge is 0.412 e. The topological polar surface area (TPSA) is 102 Å². The molecule has 0 unspecified atom stereocenters. The Kier molecular flexibility index (Phi) is 7.87. The predicted octanol–water partition coefficient (Wildman–Crippen LogP) is 6.32. The lowest BCUT2D eigenvalue weighted by molar-refractivity contribution is -0.139. The molecule has 1 aliphatic heterocycles. The minimum absolute atomic E-state index is 0.0489. The van der Waals surface area contributed by atoms with Gasteiger partial charge in [0.15, 0.2) is 17.4 Å². The Hall–Kier alpha value is -3.96. The van der Waals surface area contributed by atoms with Crippen LogP contribution in [0.3, 0.4) is 0 Å². The average Bonchev–Trinajstić information content (AvgIpc) is 3.67. The van der Waals surface area contributed by atoms with Crippen LogP contribution >= 0.6 is 0 Å². The first-order valence-electron chi connectivity index (χ1n) is 14.5. The van der Waals surface area contributed by atoms with Crippen molar-refractivity contribution in [3.63, 3.8) is 0 Å². The summed E-state index contributed by atoms with van der Waals surface area (Å²) in [5.74, 6) is -0.217. The van der Waals surface area contributed by atoms with Gasteiger partial charge in [0.1, 0.15) is 11.9 Å². The highest BCUT2D eigenvalue weighted by molar-refractivity contribution is 5.97. The van der Waals surface area contributed by atoms with Crippen molar-refractivity contribution < 1.29 is 28.1 Å². The molecule has 1 saturated heterocycles. The fraction of sp³-hybridized carbons (Fsp3) is 0.452. The molecule has 6 rings (SSSR count). The van der Waals surface area contributed by atoms with Crippen molar-refractivity contribution >= 4 is 22.8 Å². The molecule has 1 saturated carbocycles. The van der Waals surface area contributed by atoms with Gasteiger partial charge in [0.25, 0.3) is 0 Å². The van der Waals surface area contributed by atoms with Gasteiger partial charge in [-0.05, 0) is 58.6 Å². The van der Waals surface area contributed by atoms with Crippen molar-refractivity contribution in [1.82, 2.24) is 19.3 Å². The van der Waals surface area contributed by atoms with Gasteiger partial charge in [-0.25, -0.2) is 14.2 Å². The summed E-state index contributed by atoms with van der Waals surface area (Å²) >= 11 is 0. The molecule has 2 aliphatic rings. The molecule has 0 radical (unpaired) electrons. The molecule has 3 aromatic heterocycles. The van der Waals surface area contributed by atoms with Crippen LogP contribution < -0.4 is 10.1 Å². The Bertz CT molecular complexity index is 1560. The Labute approximate surface area is 243 Å². The number of carbonyl (C=O) groups excluding carboxylic acids is 1. The van der Waals surface area contributed by atoms with Gasteiger partial charge in [-0.1, -0.05) is 12.1 Å². The standard InChI is InChI=1S/C31H36FN5O5/c1-4-39-30(38)35-29-13-27-24(15-33-29)25(20-14-34-36(16-20)17-23-19-40-31(2,3)42-23)18-37(27)21-9-11-22(12-10-21)41-28-8-6-5-7-26(28)32/h5-8,13-16,18,21-23H,4,9-12,17,19H2,1-3H3,(H,33,35,38)/t21?,22?,23-/m1/s1.